The van der Waals surface area contributed by atoms with Gasteiger partial charge in [0.05, 0.1) is 13.5 Å². The average Bonchev–Trinajstić information content (AvgIpc) is 1.99. The van der Waals surface area contributed by atoms with Crippen LogP contribution in [0.25, 0.3) is 0 Å². The van der Waals surface area contributed by atoms with Crippen LogP contribution in [0.5, 0.6) is 0 Å². The lowest BCUT2D eigenvalue weighted by atomic mass is 10.4. The van der Waals surface area contributed by atoms with Crippen LogP contribution in [0.2, 0.25) is 0 Å². The van der Waals surface area contributed by atoms with Crippen LogP contribution in [0, 0.1) is 0 Å². The first kappa shape index (κ1) is 14.0. The molecule has 0 aromatic rings. The van der Waals surface area contributed by atoms with Gasteiger partial charge in [-0.2, -0.15) is 26.3 Å². The van der Waals surface area contributed by atoms with Gasteiger partial charge in [-0.05, 0) is 0 Å². The number of alkyl halides is 6. The number of nitrogens with zero attached hydrogens (tertiary/aromatic N) is 1. The molecule has 0 unspecified atom stereocenters. The molecular weight excluding hydrogens is 232 g/mol. The first-order valence-electron chi connectivity index (χ1n) is 3.57. The van der Waals surface area contributed by atoms with E-state index in [-0.39, 0.29) is 0 Å². The molecular formula is C6H7F6NO2. The smallest absolute Gasteiger partial charge is 0.467 e. The monoisotopic (exact) mass is 239 g/mol. The second-order valence-electron chi connectivity index (χ2n) is 2.41. The molecule has 0 saturated carbocycles. The van der Waals surface area contributed by atoms with Crippen molar-refractivity contribution < 1.29 is 35.9 Å². The van der Waals surface area contributed by atoms with Crippen molar-refractivity contribution in [1.29, 1.82) is 0 Å². The van der Waals surface area contributed by atoms with Gasteiger partial charge in [0.1, 0.15) is 0 Å². The van der Waals surface area contributed by atoms with Crippen molar-refractivity contribution in [2.45, 2.75) is 19.0 Å². The van der Waals surface area contributed by atoms with E-state index in [1.807, 2.05) is 0 Å². The number of rotatable bonds is 3. The Bertz CT molecular complexity index is 209. The summed E-state index contributed by atoms with van der Waals surface area (Å²) < 4.78 is 74.9. The van der Waals surface area contributed by atoms with Crippen LogP contribution in [0.1, 0.15) is 6.42 Å². The number of carbonyl (C=O) groups excluding carboxylic acids is 1. The molecule has 0 aliphatic heterocycles. The van der Waals surface area contributed by atoms with E-state index < -0.39 is 36.4 Å². The molecule has 0 radical (unpaired) electrons. The minimum Gasteiger partial charge on any atom is -0.469 e. The quantitative estimate of drug-likeness (QED) is 0.428. The Kier molecular flexibility index (Phi) is 4.38. The van der Waals surface area contributed by atoms with Gasteiger partial charge < -0.3 is 4.74 Å². The van der Waals surface area contributed by atoms with E-state index in [9.17, 15) is 31.1 Å². The maximum absolute atomic E-state index is 11.8. The minimum absolute atomic E-state index is 0.869. The third-order valence-electron chi connectivity index (χ3n) is 1.38. The molecule has 0 aliphatic rings. The van der Waals surface area contributed by atoms with Crippen LogP contribution in [0.3, 0.4) is 0 Å². The second-order valence-corrected chi connectivity index (χ2v) is 2.41. The number of hydrogen-bond donors (Lipinski definition) is 0. The lowest BCUT2D eigenvalue weighted by Crippen LogP contribution is -2.48. The van der Waals surface area contributed by atoms with Crippen molar-refractivity contribution in [2.24, 2.45) is 0 Å². The second kappa shape index (κ2) is 4.69. The molecule has 90 valence electrons. The van der Waals surface area contributed by atoms with Gasteiger partial charge in [0.2, 0.25) is 0 Å². The molecule has 0 N–H and O–H groups in total. The lowest BCUT2D eigenvalue weighted by molar-refractivity contribution is -0.372. The van der Waals surface area contributed by atoms with E-state index in [2.05, 4.69) is 4.74 Å². The molecule has 0 heterocycles. The number of esters is 1. The van der Waals surface area contributed by atoms with Crippen molar-refractivity contribution >= 4 is 5.97 Å². The number of methoxy groups -OCH3 is 1. The van der Waals surface area contributed by atoms with E-state index in [1.54, 1.807) is 0 Å². The molecule has 0 aromatic carbocycles. The molecule has 9 heteroatoms. The van der Waals surface area contributed by atoms with Crippen LogP contribution >= 0.6 is 0 Å². The molecule has 0 amide bonds. The summed E-state index contributed by atoms with van der Waals surface area (Å²) in [4.78, 5) is 8.70. The van der Waals surface area contributed by atoms with E-state index in [0.29, 0.717) is 0 Å². The Labute approximate surface area is 80.6 Å². The Morgan fingerprint density at radius 3 is 1.80 bits per heavy atom. The molecule has 0 bridgehead atoms. The van der Waals surface area contributed by atoms with E-state index in [1.165, 1.54) is 0 Å². The first-order valence-corrected chi connectivity index (χ1v) is 3.57. The third-order valence-corrected chi connectivity index (χ3v) is 1.38. The van der Waals surface area contributed by atoms with Crippen molar-refractivity contribution in [3.63, 3.8) is 0 Å². The highest BCUT2D eigenvalue weighted by molar-refractivity contribution is 5.69. The van der Waals surface area contributed by atoms with Crippen LogP contribution in [0.4, 0.5) is 26.3 Å². The number of halogens is 6. The zero-order valence-electron chi connectivity index (χ0n) is 7.45. The van der Waals surface area contributed by atoms with E-state index in [0.717, 1.165) is 7.11 Å². The van der Waals surface area contributed by atoms with Crippen molar-refractivity contribution in [3.8, 4) is 0 Å². The molecule has 0 aromatic heterocycles. The summed E-state index contributed by atoms with van der Waals surface area (Å²) in [6.07, 6.45) is -12.1. The lowest BCUT2D eigenvalue weighted by Gasteiger charge is -2.26. The number of hydrogen-bond acceptors (Lipinski definition) is 3. The first-order chi connectivity index (χ1) is 6.59. The Morgan fingerprint density at radius 1 is 1.13 bits per heavy atom. The number of ether oxygens (including phenoxy) is 1. The molecule has 3 nitrogen and oxygen atoms in total. The topological polar surface area (TPSA) is 29.5 Å². The third kappa shape index (κ3) is 4.86. The molecule has 0 saturated heterocycles. The summed E-state index contributed by atoms with van der Waals surface area (Å²) in [6, 6.07) is 0. The van der Waals surface area contributed by atoms with Crippen LogP contribution in [-0.4, -0.2) is 37.1 Å². The van der Waals surface area contributed by atoms with E-state index >= 15 is 0 Å². The Hall–Kier alpha value is -0.990. The maximum Gasteiger partial charge on any atom is 0.467 e. The van der Waals surface area contributed by atoms with Crippen molar-refractivity contribution in [1.82, 2.24) is 4.90 Å². The summed E-state index contributed by atoms with van der Waals surface area (Å²) in [7, 11) is 0.869. The van der Waals surface area contributed by atoms with Gasteiger partial charge >= 0.3 is 18.6 Å². The van der Waals surface area contributed by atoms with Gasteiger partial charge in [-0.1, -0.05) is 0 Å². The van der Waals surface area contributed by atoms with Crippen LogP contribution in [-0.2, 0) is 9.53 Å². The normalized spacial score (nSPS) is 13.1. The maximum atomic E-state index is 11.8. The highest BCUT2D eigenvalue weighted by Crippen LogP contribution is 2.33. The summed E-state index contributed by atoms with van der Waals surface area (Å²) in [6.45, 7) is -1.51. The zero-order chi connectivity index (χ0) is 12.3. The zero-order valence-corrected chi connectivity index (χ0v) is 7.45. The fraction of sp³-hybridized carbons (Fsp3) is 0.833. The van der Waals surface area contributed by atoms with Gasteiger partial charge in [0.25, 0.3) is 0 Å². The average molecular weight is 239 g/mol. The fourth-order valence-corrected chi connectivity index (χ4v) is 0.702. The largest absolute Gasteiger partial charge is 0.469 e. The fourth-order valence-electron chi connectivity index (χ4n) is 0.702. The highest BCUT2D eigenvalue weighted by Gasteiger charge is 2.53. The Balaban J connectivity index is 4.49. The van der Waals surface area contributed by atoms with Crippen LogP contribution in [0.15, 0.2) is 0 Å². The van der Waals surface area contributed by atoms with Crippen molar-refractivity contribution in [3.05, 3.63) is 0 Å². The van der Waals surface area contributed by atoms with Crippen molar-refractivity contribution in [2.75, 3.05) is 13.7 Å². The summed E-state index contributed by atoms with van der Waals surface area (Å²) in [5.41, 5.74) is 0. The van der Waals surface area contributed by atoms with Crippen LogP contribution < -0.4 is 0 Å². The molecule has 0 spiro atoms. The van der Waals surface area contributed by atoms with Gasteiger partial charge in [0, 0.05) is 6.54 Å². The highest BCUT2D eigenvalue weighted by atomic mass is 19.4. The summed E-state index contributed by atoms with van der Waals surface area (Å²) in [5, 5.41) is 0. The van der Waals surface area contributed by atoms with Gasteiger partial charge in [0.15, 0.2) is 0 Å². The number of carbonyl (C=O) groups is 1. The molecule has 0 aliphatic carbocycles. The van der Waals surface area contributed by atoms with Gasteiger partial charge in [-0.15, -0.1) is 4.90 Å². The minimum atomic E-state index is -5.56. The molecule has 0 rings (SSSR count). The molecule has 0 atom stereocenters. The Morgan fingerprint density at radius 2 is 1.53 bits per heavy atom. The van der Waals surface area contributed by atoms with Gasteiger partial charge in [-0.25, -0.2) is 0 Å². The molecule has 15 heavy (non-hydrogen) atoms. The standard InChI is InChI=1S/C6H7F6NO2/c1-15-4(14)2-3-13(5(7,8)9)6(10,11)12/h2-3H2,1H3. The predicted octanol–water partition coefficient (Wildman–Crippen LogP) is 1.89. The summed E-state index contributed by atoms with van der Waals surface area (Å²) >= 11 is 0. The SMILES string of the molecule is COC(=O)CCN(C(F)(F)F)C(F)(F)F. The molecule has 0 fully saturated rings. The van der Waals surface area contributed by atoms with Gasteiger partial charge in [-0.3, -0.25) is 4.79 Å². The predicted molar refractivity (Wildman–Crippen MR) is 35.4 cm³/mol. The van der Waals surface area contributed by atoms with E-state index in [4.69, 9.17) is 0 Å². The summed E-state index contributed by atoms with van der Waals surface area (Å²) in [5.74, 6) is -1.14.